The summed E-state index contributed by atoms with van der Waals surface area (Å²) in [7, 11) is 0. The number of rotatable bonds is 2. The Morgan fingerprint density at radius 3 is 2.60 bits per heavy atom. The Balaban J connectivity index is 1.76. The molecule has 2 atom stereocenters. The zero-order chi connectivity index (χ0) is 10.7. The third-order valence-electron chi connectivity index (χ3n) is 3.23. The molecule has 1 heterocycles. The van der Waals surface area contributed by atoms with Gasteiger partial charge in [0.25, 0.3) is 0 Å². The maximum absolute atomic E-state index is 11.7. The number of carbonyl (C=O) groups excluding carboxylic acids is 1. The number of carbonyl (C=O) groups is 1. The van der Waals surface area contributed by atoms with E-state index >= 15 is 0 Å². The maximum atomic E-state index is 11.7. The van der Waals surface area contributed by atoms with Gasteiger partial charge in [-0.2, -0.15) is 0 Å². The summed E-state index contributed by atoms with van der Waals surface area (Å²) in [6.45, 7) is 0.504. The highest BCUT2D eigenvalue weighted by molar-refractivity contribution is 5.76. The molecular formula is C11H19NO3. The van der Waals surface area contributed by atoms with Crippen LogP contribution in [0.1, 0.15) is 38.5 Å². The van der Waals surface area contributed by atoms with E-state index in [4.69, 9.17) is 4.74 Å². The number of hydrogen-bond acceptors (Lipinski definition) is 4. The molecule has 1 saturated carbocycles. The predicted molar refractivity (Wildman–Crippen MR) is 55.4 cm³/mol. The molecular weight excluding hydrogens is 194 g/mol. The van der Waals surface area contributed by atoms with E-state index in [-0.39, 0.29) is 18.1 Å². The third kappa shape index (κ3) is 2.92. The fraction of sp³-hybridized carbons (Fsp3) is 0.909. The van der Waals surface area contributed by atoms with Crippen LogP contribution in [0.2, 0.25) is 0 Å². The summed E-state index contributed by atoms with van der Waals surface area (Å²) in [6.07, 6.45) is 5.80. The second kappa shape index (κ2) is 4.94. The minimum Gasteiger partial charge on any atom is -0.461 e. The highest BCUT2D eigenvalue weighted by atomic mass is 16.5. The lowest BCUT2D eigenvalue weighted by Gasteiger charge is -2.23. The number of aliphatic hydroxyl groups is 1. The van der Waals surface area contributed by atoms with E-state index in [1.807, 2.05) is 0 Å². The molecule has 2 rings (SSSR count). The minimum atomic E-state index is -0.395. The summed E-state index contributed by atoms with van der Waals surface area (Å²) in [4.78, 5) is 11.7. The molecule has 0 aromatic heterocycles. The Hall–Kier alpha value is -0.610. The lowest BCUT2D eigenvalue weighted by molar-refractivity contribution is -0.152. The smallest absolute Gasteiger partial charge is 0.323 e. The molecule has 0 amide bonds. The van der Waals surface area contributed by atoms with Crippen LogP contribution >= 0.6 is 0 Å². The first-order chi connectivity index (χ1) is 7.25. The van der Waals surface area contributed by atoms with Crippen LogP contribution in [0.3, 0.4) is 0 Å². The van der Waals surface area contributed by atoms with Gasteiger partial charge in [-0.05, 0) is 25.7 Å². The molecule has 1 saturated heterocycles. The molecule has 15 heavy (non-hydrogen) atoms. The maximum Gasteiger partial charge on any atom is 0.323 e. The molecule has 2 N–H and O–H groups in total. The van der Waals surface area contributed by atoms with Crippen molar-refractivity contribution >= 4 is 5.97 Å². The topological polar surface area (TPSA) is 58.6 Å². The first kappa shape index (κ1) is 10.9. The molecule has 1 unspecified atom stereocenters. The molecule has 86 valence electrons. The quantitative estimate of drug-likeness (QED) is 0.659. The van der Waals surface area contributed by atoms with Crippen molar-refractivity contribution < 1.29 is 14.6 Å². The van der Waals surface area contributed by atoms with Crippen molar-refractivity contribution in [2.75, 3.05) is 6.54 Å². The molecule has 0 aromatic carbocycles. The van der Waals surface area contributed by atoms with Gasteiger partial charge in [-0.25, -0.2) is 0 Å². The number of β-amino-alcohol motifs (C(OH)–C–C–N with tert-alkyl or cyclic N) is 1. The van der Waals surface area contributed by atoms with E-state index in [0.717, 1.165) is 12.8 Å². The Morgan fingerprint density at radius 1 is 1.27 bits per heavy atom. The van der Waals surface area contributed by atoms with Crippen molar-refractivity contribution in [3.05, 3.63) is 0 Å². The zero-order valence-corrected chi connectivity index (χ0v) is 8.95. The van der Waals surface area contributed by atoms with E-state index in [2.05, 4.69) is 5.32 Å². The van der Waals surface area contributed by atoms with E-state index in [0.29, 0.717) is 13.0 Å². The summed E-state index contributed by atoms with van der Waals surface area (Å²) < 4.78 is 5.41. The average Bonchev–Trinajstić information content (AvgIpc) is 2.66. The predicted octanol–water partition coefficient (Wildman–Crippen LogP) is 0.585. The van der Waals surface area contributed by atoms with Crippen LogP contribution < -0.4 is 5.32 Å². The lowest BCUT2D eigenvalue weighted by Crippen LogP contribution is -2.35. The minimum absolute atomic E-state index is 0.116. The molecule has 0 aromatic rings. The van der Waals surface area contributed by atoms with Crippen molar-refractivity contribution in [1.29, 1.82) is 0 Å². The van der Waals surface area contributed by atoms with Crippen LogP contribution in [0, 0.1) is 0 Å². The van der Waals surface area contributed by atoms with Gasteiger partial charge in [0.1, 0.15) is 12.1 Å². The van der Waals surface area contributed by atoms with E-state index in [1.54, 1.807) is 0 Å². The summed E-state index contributed by atoms with van der Waals surface area (Å²) in [6, 6.07) is -0.290. The number of hydrogen-bond donors (Lipinski definition) is 2. The van der Waals surface area contributed by atoms with Crippen LogP contribution in [0.25, 0.3) is 0 Å². The van der Waals surface area contributed by atoms with Crippen molar-refractivity contribution in [2.45, 2.75) is 56.8 Å². The Kier molecular flexibility index (Phi) is 3.59. The van der Waals surface area contributed by atoms with E-state index in [1.165, 1.54) is 19.3 Å². The molecule has 2 aliphatic rings. The lowest BCUT2D eigenvalue weighted by atomic mass is 9.98. The normalized spacial score (nSPS) is 32.9. The highest BCUT2D eigenvalue weighted by Gasteiger charge is 2.31. The molecule has 1 aliphatic heterocycles. The molecule has 4 heteroatoms. The van der Waals surface area contributed by atoms with Gasteiger partial charge in [0.15, 0.2) is 0 Å². The van der Waals surface area contributed by atoms with Gasteiger partial charge in [-0.3, -0.25) is 4.79 Å². The molecule has 0 radical (unpaired) electrons. The summed E-state index contributed by atoms with van der Waals surface area (Å²) in [5.74, 6) is -0.182. The molecule has 1 aliphatic carbocycles. The standard InChI is InChI=1S/C11H19NO3/c13-8-6-10(12-7-8)11(14)15-9-4-2-1-3-5-9/h8-10,12-13H,1-7H2/t8?,10-/m0/s1. The third-order valence-corrected chi connectivity index (χ3v) is 3.23. The molecule has 2 fully saturated rings. The number of ether oxygens (including phenoxy) is 1. The van der Waals surface area contributed by atoms with Crippen molar-refractivity contribution in [3.63, 3.8) is 0 Å². The second-order valence-electron chi connectivity index (χ2n) is 4.55. The van der Waals surface area contributed by atoms with Crippen LogP contribution in [0.4, 0.5) is 0 Å². The largest absolute Gasteiger partial charge is 0.461 e. The van der Waals surface area contributed by atoms with Crippen LogP contribution in [-0.2, 0) is 9.53 Å². The summed E-state index contributed by atoms with van der Waals surface area (Å²) >= 11 is 0. The average molecular weight is 213 g/mol. The van der Waals surface area contributed by atoms with Crippen molar-refractivity contribution in [3.8, 4) is 0 Å². The van der Waals surface area contributed by atoms with Crippen LogP contribution in [0.5, 0.6) is 0 Å². The monoisotopic (exact) mass is 213 g/mol. The van der Waals surface area contributed by atoms with Gasteiger partial charge >= 0.3 is 5.97 Å². The fourth-order valence-electron chi connectivity index (χ4n) is 2.33. The van der Waals surface area contributed by atoms with Crippen molar-refractivity contribution in [2.24, 2.45) is 0 Å². The van der Waals surface area contributed by atoms with E-state index < -0.39 is 6.10 Å². The second-order valence-corrected chi connectivity index (χ2v) is 4.55. The number of nitrogens with one attached hydrogen (secondary N) is 1. The number of aliphatic hydroxyl groups excluding tert-OH is 1. The van der Waals surface area contributed by atoms with Gasteiger partial charge < -0.3 is 15.2 Å². The zero-order valence-electron chi connectivity index (χ0n) is 8.95. The first-order valence-electron chi connectivity index (χ1n) is 5.87. The van der Waals surface area contributed by atoms with Crippen LogP contribution in [0.15, 0.2) is 0 Å². The Labute approximate surface area is 90.0 Å². The molecule has 4 nitrogen and oxygen atoms in total. The van der Waals surface area contributed by atoms with E-state index in [9.17, 15) is 9.90 Å². The van der Waals surface area contributed by atoms with Gasteiger partial charge in [0.05, 0.1) is 6.10 Å². The van der Waals surface area contributed by atoms with Gasteiger partial charge in [0, 0.05) is 13.0 Å². The first-order valence-corrected chi connectivity index (χ1v) is 5.87. The SMILES string of the molecule is O=C(OC1CCCCC1)[C@@H]1CC(O)CN1. The Bertz CT molecular complexity index is 226. The van der Waals surface area contributed by atoms with Gasteiger partial charge in [-0.1, -0.05) is 6.42 Å². The highest BCUT2D eigenvalue weighted by Crippen LogP contribution is 2.21. The van der Waals surface area contributed by atoms with Gasteiger partial charge in [-0.15, -0.1) is 0 Å². The Morgan fingerprint density at radius 2 is 2.00 bits per heavy atom. The summed E-state index contributed by atoms with van der Waals surface area (Å²) in [5, 5.41) is 12.3. The molecule has 0 bridgehead atoms. The van der Waals surface area contributed by atoms with Crippen LogP contribution in [-0.4, -0.2) is 35.9 Å². The van der Waals surface area contributed by atoms with Crippen molar-refractivity contribution in [1.82, 2.24) is 5.32 Å². The summed E-state index contributed by atoms with van der Waals surface area (Å²) in [5.41, 5.74) is 0. The molecule has 0 spiro atoms. The fourth-order valence-corrected chi connectivity index (χ4v) is 2.33. The number of esters is 1. The van der Waals surface area contributed by atoms with Gasteiger partial charge in [0.2, 0.25) is 0 Å².